The third kappa shape index (κ3) is 3.46. The first-order chi connectivity index (χ1) is 13.7. The molecule has 1 saturated carbocycles. The molecule has 0 saturated heterocycles. The smallest absolute Gasteiger partial charge is 0.417 e. The van der Waals surface area contributed by atoms with Crippen LogP contribution >= 0.6 is 11.6 Å². The summed E-state index contributed by atoms with van der Waals surface area (Å²) in [4.78, 5) is 13.0. The van der Waals surface area contributed by atoms with Gasteiger partial charge >= 0.3 is 6.18 Å². The topological polar surface area (TPSA) is 37.3 Å². The highest BCUT2D eigenvalue weighted by Gasteiger charge is 2.42. The van der Waals surface area contributed by atoms with Gasteiger partial charge in [0.25, 0.3) is 0 Å². The Labute approximate surface area is 172 Å². The van der Waals surface area contributed by atoms with E-state index < -0.39 is 11.7 Å². The maximum Gasteiger partial charge on any atom is 0.417 e. The van der Waals surface area contributed by atoms with E-state index in [1.54, 1.807) is 18.2 Å². The minimum Gasteiger partial charge on any atom is -0.511 e. The van der Waals surface area contributed by atoms with Crippen molar-refractivity contribution < 1.29 is 23.1 Å². The van der Waals surface area contributed by atoms with Crippen LogP contribution in [-0.2, 0) is 17.4 Å². The lowest BCUT2D eigenvalue weighted by Crippen LogP contribution is -2.22. The summed E-state index contributed by atoms with van der Waals surface area (Å²) in [7, 11) is 0. The molecule has 0 unspecified atom stereocenters. The Kier molecular flexibility index (Phi) is 4.97. The third-order valence-electron chi connectivity index (χ3n) is 6.05. The zero-order valence-electron chi connectivity index (χ0n) is 15.8. The molecular formula is C23H20ClF3O2. The van der Waals surface area contributed by atoms with Gasteiger partial charge in [-0.05, 0) is 66.1 Å². The van der Waals surface area contributed by atoms with Crippen LogP contribution < -0.4 is 0 Å². The summed E-state index contributed by atoms with van der Waals surface area (Å²) in [5.41, 5.74) is 1.15. The van der Waals surface area contributed by atoms with Gasteiger partial charge in [0.2, 0.25) is 0 Å². The van der Waals surface area contributed by atoms with Gasteiger partial charge in [0.1, 0.15) is 5.76 Å². The van der Waals surface area contributed by atoms with Crippen molar-refractivity contribution in [2.75, 3.05) is 0 Å². The summed E-state index contributed by atoms with van der Waals surface area (Å²) in [5, 5.41) is 10.7. The van der Waals surface area contributed by atoms with Gasteiger partial charge in [0.05, 0.1) is 11.1 Å². The summed E-state index contributed by atoms with van der Waals surface area (Å²) < 4.78 is 40.8. The van der Waals surface area contributed by atoms with Crippen LogP contribution in [0.2, 0.25) is 5.02 Å². The molecular weight excluding hydrogens is 401 g/mol. The predicted octanol–water partition coefficient (Wildman–Crippen LogP) is 6.86. The Morgan fingerprint density at radius 1 is 1.07 bits per heavy atom. The highest BCUT2D eigenvalue weighted by molar-refractivity contribution is 6.30. The molecule has 2 bridgehead atoms. The zero-order chi connectivity index (χ0) is 20.9. The molecule has 0 radical (unpaired) electrons. The Balaban J connectivity index is 1.91. The van der Waals surface area contributed by atoms with Crippen LogP contribution in [0, 0.1) is 11.8 Å². The number of aliphatic hydroxyl groups is 1. The standard InChI is InChI=1S/C23H20ClF3O2/c1-2-12-3-4-13(17-8-7-16(24)11-19(17)23(25,26)27)10-18(12)20-21(28)14-5-6-15(9-14)22(20)29/h3-4,7-8,10-11,14-15,28H,2,5-6,9H2,1H3/t14-,15+/m1/s1. The van der Waals surface area contributed by atoms with E-state index in [0.29, 0.717) is 24.0 Å². The second-order valence-corrected chi connectivity index (χ2v) is 8.18. The number of halogens is 4. The third-order valence-corrected chi connectivity index (χ3v) is 6.29. The number of rotatable bonds is 3. The number of carbonyl (C=O) groups excluding carboxylic acids is 1. The molecule has 4 rings (SSSR count). The summed E-state index contributed by atoms with van der Waals surface area (Å²) in [6, 6.07) is 8.64. The molecule has 0 amide bonds. The number of aryl methyl sites for hydroxylation is 1. The normalized spacial score (nSPS) is 21.8. The SMILES string of the molecule is CCc1ccc(-c2ccc(Cl)cc2C(F)(F)F)cc1C1=C(O)[C@@H]2CC[C@@H](C2)C1=O. The number of ketones is 1. The quantitative estimate of drug-likeness (QED) is 0.589. The summed E-state index contributed by atoms with van der Waals surface area (Å²) in [6.07, 6.45) is -1.80. The van der Waals surface area contributed by atoms with Crippen molar-refractivity contribution in [2.24, 2.45) is 11.8 Å². The summed E-state index contributed by atoms with van der Waals surface area (Å²) >= 11 is 5.80. The summed E-state index contributed by atoms with van der Waals surface area (Å²) in [6.45, 7) is 1.92. The van der Waals surface area contributed by atoms with Gasteiger partial charge in [-0.2, -0.15) is 13.2 Å². The van der Waals surface area contributed by atoms with Gasteiger partial charge in [-0.1, -0.05) is 36.7 Å². The summed E-state index contributed by atoms with van der Waals surface area (Å²) in [5.74, 6) is -0.166. The van der Waals surface area contributed by atoms with Gasteiger partial charge in [-0.15, -0.1) is 0 Å². The molecule has 2 aromatic carbocycles. The number of aliphatic hydroxyl groups excluding tert-OH is 1. The van der Waals surface area contributed by atoms with Crippen molar-refractivity contribution in [3.8, 4) is 11.1 Å². The second-order valence-electron chi connectivity index (χ2n) is 7.74. The van der Waals surface area contributed by atoms with E-state index >= 15 is 0 Å². The van der Waals surface area contributed by atoms with Crippen molar-refractivity contribution in [2.45, 2.75) is 38.8 Å². The number of Topliss-reactive ketones (excluding diaryl/α,β-unsaturated/α-hetero) is 1. The minimum absolute atomic E-state index is 0.00266. The molecule has 0 aromatic heterocycles. The van der Waals surface area contributed by atoms with Crippen molar-refractivity contribution in [1.82, 2.24) is 0 Å². The Morgan fingerprint density at radius 2 is 1.79 bits per heavy atom. The van der Waals surface area contributed by atoms with E-state index in [9.17, 15) is 23.1 Å². The average molecular weight is 421 g/mol. The predicted molar refractivity (Wildman–Crippen MR) is 107 cm³/mol. The highest BCUT2D eigenvalue weighted by Crippen LogP contribution is 2.47. The number of alkyl halides is 3. The number of fused-ring (bicyclic) bond motifs is 2. The first-order valence-corrected chi connectivity index (χ1v) is 10.1. The van der Waals surface area contributed by atoms with E-state index in [1.165, 1.54) is 12.1 Å². The first-order valence-electron chi connectivity index (χ1n) is 9.68. The van der Waals surface area contributed by atoms with Crippen molar-refractivity contribution in [3.63, 3.8) is 0 Å². The molecule has 2 aliphatic rings. The van der Waals surface area contributed by atoms with Crippen LogP contribution in [-0.4, -0.2) is 10.9 Å². The molecule has 2 nitrogen and oxygen atoms in total. The Bertz CT molecular complexity index is 1020. The molecule has 0 spiro atoms. The maximum absolute atomic E-state index is 13.6. The molecule has 2 aromatic rings. The Morgan fingerprint density at radius 3 is 2.48 bits per heavy atom. The lowest BCUT2D eigenvalue weighted by Gasteiger charge is -2.24. The lowest BCUT2D eigenvalue weighted by molar-refractivity contribution is -0.137. The van der Waals surface area contributed by atoms with E-state index in [4.69, 9.17) is 11.6 Å². The van der Waals surface area contributed by atoms with Crippen LogP contribution in [0.3, 0.4) is 0 Å². The monoisotopic (exact) mass is 420 g/mol. The molecule has 1 fully saturated rings. The van der Waals surface area contributed by atoms with Gasteiger partial charge in [0.15, 0.2) is 5.78 Å². The molecule has 6 heteroatoms. The van der Waals surface area contributed by atoms with Crippen molar-refractivity contribution >= 4 is 23.0 Å². The van der Waals surface area contributed by atoms with Gasteiger partial charge in [-0.25, -0.2) is 0 Å². The molecule has 2 aliphatic carbocycles. The molecule has 0 heterocycles. The van der Waals surface area contributed by atoms with Crippen LogP contribution in [0.5, 0.6) is 0 Å². The number of hydrogen-bond acceptors (Lipinski definition) is 2. The fourth-order valence-corrected chi connectivity index (χ4v) is 4.73. The zero-order valence-corrected chi connectivity index (χ0v) is 16.6. The molecule has 1 N–H and O–H groups in total. The molecule has 29 heavy (non-hydrogen) atoms. The van der Waals surface area contributed by atoms with Gasteiger partial charge in [0, 0.05) is 16.9 Å². The lowest BCUT2D eigenvalue weighted by atomic mass is 9.80. The molecule has 2 atom stereocenters. The fourth-order valence-electron chi connectivity index (χ4n) is 4.56. The van der Waals surface area contributed by atoms with Gasteiger partial charge in [-0.3, -0.25) is 4.79 Å². The van der Waals surface area contributed by atoms with Crippen molar-refractivity contribution in [3.05, 3.63) is 63.9 Å². The van der Waals surface area contributed by atoms with Crippen LogP contribution in [0.4, 0.5) is 13.2 Å². The fraction of sp³-hybridized carbons (Fsp3) is 0.348. The van der Waals surface area contributed by atoms with E-state index in [-0.39, 0.29) is 39.5 Å². The van der Waals surface area contributed by atoms with E-state index in [2.05, 4.69) is 0 Å². The number of hydrogen-bond donors (Lipinski definition) is 1. The minimum atomic E-state index is -4.56. The van der Waals surface area contributed by atoms with Gasteiger partial charge < -0.3 is 5.11 Å². The average Bonchev–Trinajstić information content (AvgIpc) is 3.13. The van der Waals surface area contributed by atoms with E-state index in [1.807, 2.05) is 6.92 Å². The van der Waals surface area contributed by atoms with Crippen molar-refractivity contribution in [1.29, 1.82) is 0 Å². The highest BCUT2D eigenvalue weighted by atomic mass is 35.5. The van der Waals surface area contributed by atoms with Crippen LogP contribution in [0.1, 0.15) is 42.9 Å². The largest absolute Gasteiger partial charge is 0.511 e. The van der Waals surface area contributed by atoms with Crippen LogP contribution in [0.25, 0.3) is 16.7 Å². The number of carbonyl (C=O) groups is 1. The number of benzene rings is 2. The maximum atomic E-state index is 13.6. The second kappa shape index (κ2) is 7.21. The Hall–Kier alpha value is -2.27. The van der Waals surface area contributed by atoms with Crippen LogP contribution in [0.15, 0.2) is 42.2 Å². The molecule has 152 valence electrons. The number of allylic oxidation sites excluding steroid dienone is 2. The first kappa shape index (κ1) is 20.0. The van der Waals surface area contributed by atoms with E-state index in [0.717, 1.165) is 24.5 Å². The molecule has 0 aliphatic heterocycles.